The molecule has 1 aliphatic heterocycles. The van der Waals surface area contributed by atoms with E-state index >= 15 is 0 Å². The second-order valence-corrected chi connectivity index (χ2v) is 4.80. The predicted molar refractivity (Wildman–Crippen MR) is 91.3 cm³/mol. The van der Waals surface area contributed by atoms with Crippen molar-refractivity contribution in [3.63, 3.8) is 0 Å². The third kappa shape index (κ3) is 6.70. The van der Waals surface area contributed by atoms with Crippen LogP contribution in [0.5, 0.6) is 0 Å². The number of nitrogens with one attached hydrogen (secondary N) is 3. The van der Waals surface area contributed by atoms with E-state index in [9.17, 15) is 9.59 Å². The highest BCUT2D eigenvalue weighted by Crippen LogP contribution is 2.03. The van der Waals surface area contributed by atoms with Gasteiger partial charge in [0.1, 0.15) is 6.04 Å². The number of pyridine rings is 1. The number of carbonyl (C=O) groups is 2. The van der Waals surface area contributed by atoms with Crippen LogP contribution in [0, 0.1) is 0 Å². The summed E-state index contributed by atoms with van der Waals surface area (Å²) in [6.45, 7) is 3.88. The van der Waals surface area contributed by atoms with Gasteiger partial charge in [-0.2, -0.15) is 0 Å². The Morgan fingerprint density at radius 3 is 2.74 bits per heavy atom. The Bertz CT molecular complexity index is 490. The van der Waals surface area contributed by atoms with Crippen molar-refractivity contribution in [2.24, 2.45) is 0 Å². The van der Waals surface area contributed by atoms with Crippen molar-refractivity contribution < 1.29 is 14.3 Å². The summed E-state index contributed by atoms with van der Waals surface area (Å²) in [7, 11) is 0. The van der Waals surface area contributed by atoms with Gasteiger partial charge in [-0.1, -0.05) is 0 Å². The average molecular weight is 365 g/mol. The van der Waals surface area contributed by atoms with Crippen molar-refractivity contribution in [3.05, 3.63) is 30.1 Å². The first-order chi connectivity index (χ1) is 10.2. The van der Waals surface area contributed by atoms with E-state index in [0.29, 0.717) is 31.8 Å². The maximum absolute atomic E-state index is 11.9. The van der Waals surface area contributed by atoms with E-state index in [1.165, 1.54) is 6.20 Å². The molecule has 2 amide bonds. The highest BCUT2D eigenvalue weighted by molar-refractivity contribution is 5.93. The van der Waals surface area contributed by atoms with Crippen LogP contribution in [0.15, 0.2) is 24.5 Å². The zero-order chi connectivity index (χ0) is 15.1. The number of hydrogen-bond acceptors (Lipinski definition) is 5. The number of rotatable bonds is 5. The molecular weight excluding hydrogens is 343 g/mol. The van der Waals surface area contributed by atoms with Gasteiger partial charge in [0, 0.05) is 32.0 Å². The van der Waals surface area contributed by atoms with Gasteiger partial charge in [0.15, 0.2) is 0 Å². The van der Waals surface area contributed by atoms with Gasteiger partial charge in [0.2, 0.25) is 5.91 Å². The molecule has 0 saturated carbocycles. The van der Waals surface area contributed by atoms with E-state index in [-0.39, 0.29) is 48.8 Å². The van der Waals surface area contributed by atoms with Crippen molar-refractivity contribution >= 4 is 36.6 Å². The molecule has 0 unspecified atom stereocenters. The normalized spacial score (nSPS) is 19.7. The van der Waals surface area contributed by atoms with Crippen LogP contribution in [0.4, 0.5) is 0 Å². The third-order valence-electron chi connectivity index (χ3n) is 3.23. The number of aromatic nitrogens is 1. The molecule has 1 aliphatic rings. The quantitative estimate of drug-likeness (QED) is 0.646. The van der Waals surface area contributed by atoms with Gasteiger partial charge in [-0.25, -0.2) is 0 Å². The molecule has 0 aliphatic carbocycles. The lowest BCUT2D eigenvalue weighted by Crippen LogP contribution is -2.56. The second-order valence-electron chi connectivity index (χ2n) is 4.80. The van der Waals surface area contributed by atoms with Crippen molar-refractivity contribution in [1.82, 2.24) is 20.9 Å². The summed E-state index contributed by atoms with van der Waals surface area (Å²) in [6.07, 6.45) is 2.96. The van der Waals surface area contributed by atoms with Crippen LogP contribution in [0.2, 0.25) is 0 Å². The van der Waals surface area contributed by atoms with Crippen LogP contribution in [0.25, 0.3) is 0 Å². The van der Waals surface area contributed by atoms with Gasteiger partial charge in [0.05, 0.1) is 18.3 Å². The molecule has 1 aromatic rings. The van der Waals surface area contributed by atoms with Gasteiger partial charge < -0.3 is 20.7 Å². The van der Waals surface area contributed by atoms with E-state index in [4.69, 9.17) is 4.74 Å². The Morgan fingerprint density at radius 2 is 2.09 bits per heavy atom. The van der Waals surface area contributed by atoms with Crippen LogP contribution in [-0.2, 0) is 9.53 Å². The largest absolute Gasteiger partial charge is 0.375 e. The van der Waals surface area contributed by atoms with Crippen molar-refractivity contribution in [1.29, 1.82) is 0 Å². The van der Waals surface area contributed by atoms with Gasteiger partial charge in [0.25, 0.3) is 5.91 Å². The van der Waals surface area contributed by atoms with Crippen molar-refractivity contribution in [2.75, 3.05) is 26.2 Å². The predicted octanol–water partition coefficient (Wildman–Crippen LogP) is 0.148. The van der Waals surface area contributed by atoms with Gasteiger partial charge >= 0.3 is 0 Å². The minimum absolute atomic E-state index is 0. The molecule has 2 atom stereocenters. The molecular formula is C14H22Cl2N4O3. The molecule has 0 spiro atoms. The summed E-state index contributed by atoms with van der Waals surface area (Å²) < 4.78 is 5.41. The van der Waals surface area contributed by atoms with E-state index in [0.717, 1.165) is 0 Å². The zero-order valence-corrected chi connectivity index (χ0v) is 14.4. The van der Waals surface area contributed by atoms with Gasteiger partial charge in [-0.3, -0.25) is 14.6 Å². The van der Waals surface area contributed by atoms with E-state index in [1.807, 2.05) is 6.92 Å². The minimum atomic E-state index is -0.340. The summed E-state index contributed by atoms with van der Waals surface area (Å²) in [5, 5.41) is 8.61. The Kier molecular flexibility index (Phi) is 10.5. The summed E-state index contributed by atoms with van der Waals surface area (Å²) in [6, 6.07) is 3.05. The minimum Gasteiger partial charge on any atom is -0.375 e. The van der Waals surface area contributed by atoms with Gasteiger partial charge in [-0.15, -0.1) is 24.8 Å². The smallest absolute Gasteiger partial charge is 0.252 e. The molecule has 2 heterocycles. The summed E-state index contributed by atoms with van der Waals surface area (Å²) in [5.41, 5.74) is 0.500. The number of halogens is 2. The first-order valence-corrected chi connectivity index (χ1v) is 6.99. The topological polar surface area (TPSA) is 92.4 Å². The molecule has 130 valence electrons. The Morgan fingerprint density at radius 1 is 1.35 bits per heavy atom. The lowest BCUT2D eigenvalue weighted by molar-refractivity contribution is -0.128. The van der Waals surface area contributed by atoms with Crippen LogP contribution in [-0.4, -0.2) is 55.2 Å². The van der Waals surface area contributed by atoms with Crippen LogP contribution < -0.4 is 16.0 Å². The SMILES string of the molecule is C[C@H]1OCCN[C@@H]1C(=O)NCCNC(=O)c1cccnc1.Cl.Cl. The van der Waals surface area contributed by atoms with E-state index in [2.05, 4.69) is 20.9 Å². The molecule has 23 heavy (non-hydrogen) atoms. The summed E-state index contributed by atoms with van der Waals surface area (Å²) in [5.74, 6) is -0.317. The lowest BCUT2D eigenvalue weighted by Gasteiger charge is -2.29. The molecule has 1 fully saturated rings. The lowest BCUT2D eigenvalue weighted by atomic mass is 10.1. The zero-order valence-electron chi connectivity index (χ0n) is 12.8. The molecule has 0 aromatic carbocycles. The number of carbonyl (C=O) groups excluding carboxylic acids is 2. The molecule has 3 N–H and O–H groups in total. The first-order valence-electron chi connectivity index (χ1n) is 6.99. The number of amides is 2. The maximum atomic E-state index is 11.9. The maximum Gasteiger partial charge on any atom is 0.252 e. The Balaban J connectivity index is 0.00000242. The fraction of sp³-hybridized carbons (Fsp3) is 0.500. The summed E-state index contributed by atoms with van der Waals surface area (Å²) in [4.78, 5) is 27.6. The van der Waals surface area contributed by atoms with Gasteiger partial charge in [-0.05, 0) is 19.1 Å². The van der Waals surface area contributed by atoms with E-state index in [1.54, 1.807) is 18.3 Å². The fourth-order valence-electron chi connectivity index (χ4n) is 2.10. The number of ether oxygens (including phenoxy) is 1. The molecule has 2 rings (SSSR count). The van der Waals surface area contributed by atoms with Crippen molar-refractivity contribution in [3.8, 4) is 0 Å². The second kappa shape index (κ2) is 11.2. The monoisotopic (exact) mass is 364 g/mol. The number of nitrogens with zero attached hydrogens (tertiary/aromatic N) is 1. The highest BCUT2D eigenvalue weighted by atomic mass is 35.5. The Labute approximate surface area is 147 Å². The van der Waals surface area contributed by atoms with E-state index < -0.39 is 0 Å². The standard InChI is InChI=1S/C14H20N4O3.2ClH/c1-10-12(16-7-8-21-10)14(20)18-6-5-17-13(19)11-3-2-4-15-9-11;;/h2-4,9-10,12,16H,5-8H2,1H3,(H,17,19)(H,18,20);2*1H/t10-,12+;;/m1../s1. The van der Waals surface area contributed by atoms with Crippen molar-refractivity contribution in [2.45, 2.75) is 19.1 Å². The molecule has 1 aromatic heterocycles. The third-order valence-corrected chi connectivity index (χ3v) is 3.23. The average Bonchev–Trinajstić information content (AvgIpc) is 2.52. The molecule has 1 saturated heterocycles. The molecule has 0 radical (unpaired) electrons. The first kappa shape index (κ1) is 21.6. The molecule has 7 nitrogen and oxygen atoms in total. The molecule has 9 heteroatoms. The number of morpholine rings is 1. The number of hydrogen-bond donors (Lipinski definition) is 3. The highest BCUT2D eigenvalue weighted by Gasteiger charge is 2.27. The summed E-state index contributed by atoms with van der Waals surface area (Å²) >= 11 is 0. The van der Waals surface area contributed by atoms with Crippen LogP contribution in [0.3, 0.4) is 0 Å². The Hall–Kier alpha value is -1.41. The molecule has 0 bridgehead atoms. The van der Waals surface area contributed by atoms with Crippen LogP contribution in [0.1, 0.15) is 17.3 Å². The van der Waals surface area contributed by atoms with Crippen LogP contribution >= 0.6 is 24.8 Å². The fourth-order valence-corrected chi connectivity index (χ4v) is 2.10.